The van der Waals surface area contributed by atoms with Crippen LogP contribution in [-0.2, 0) is 12.2 Å². The standard InChI is InChI=1S/C16H15ClN4O2S/c1-2-5-10-8-13(22)19-16(18-10)24-9-14-20-21-15(23-14)11-6-3-4-7-12(11)17/h3-4,6-8H,2,5,9H2,1H3,(H,18,19,22). The van der Waals surface area contributed by atoms with Crippen molar-refractivity contribution in [2.24, 2.45) is 0 Å². The minimum atomic E-state index is -0.154. The molecule has 0 bridgehead atoms. The van der Waals surface area contributed by atoms with E-state index in [9.17, 15) is 4.79 Å². The number of aryl methyl sites for hydroxylation is 1. The second kappa shape index (κ2) is 7.63. The number of hydrogen-bond donors (Lipinski definition) is 1. The third-order valence-electron chi connectivity index (χ3n) is 3.18. The van der Waals surface area contributed by atoms with E-state index in [0.29, 0.717) is 33.3 Å². The first kappa shape index (κ1) is 16.7. The van der Waals surface area contributed by atoms with Gasteiger partial charge in [0.15, 0.2) is 5.16 Å². The third kappa shape index (κ3) is 4.04. The lowest BCUT2D eigenvalue weighted by Crippen LogP contribution is -2.09. The molecular weight excluding hydrogens is 348 g/mol. The first-order valence-corrected chi connectivity index (χ1v) is 8.82. The molecule has 0 saturated carbocycles. The number of rotatable bonds is 6. The predicted octanol–water partition coefficient (Wildman–Crippen LogP) is 3.72. The van der Waals surface area contributed by atoms with E-state index in [1.54, 1.807) is 6.07 Å². The average Bonchev–Trinajstić information content (AvgIpc) is 3.02. The van der Waals surface area contributed by atoms with Crippen molar-refractivity contribution in [2.45, 2.75) is 30.7 Å². The molecule has 0 aliphatic heterocycles. The highest BCUT2D eigenvalue weighted by molar-refractivity contribution is 7.98. The summed E-state index contributed by atoms with van der Waals surface area (Å²) in [4.78, 5) is 18.8. The van der Waals surface area contributed by atoms with E-state index in [2.05, 4.69) is 20.2 Å². The number of nitrogens with one attached hydrogen (secondary N) is 1. The van der Waals surface area contributed by atoms with Crippen LogP contribution in [0.15, 0.2) is 44.7 Å². The van der Waals surface area contributed by atoms with Gasteiger partial charge < -0.3 is 9.40 Å². The van der Waals surface area contributed by atoms with Crippen LogP contribution in [0.3, 0.4) is 0 Å². The predicted molar refractivity (Wildman–Crippen MR) is 93.2 cm³/mol. The van der Waals surface area contributed by atoms with Gasteiger partial charge in [0.1, 0.15) is 0 Å². The monoisotopic (exact) mass is 362 g/mol. The minimum Gasteiger partial charge on any atom is -0.420 e. The molecule has 0 amide bonds. The largest absolute Gasteiger partial charge is 0.420 e. The summed E-state index contributed by atoms with van der Waals surface area (Å²) in [6.07, 6.45) is 1.71. The molecule has 0 spiro atoms. The number of hydrogen-bond acceptors (Lipinski definition) is 6. The van der Waals surface area contributed by atoms with Gasteiger partial charge in [-0.15, -0.1) is 10.2 Å². The maximum Gasteiger partial charge on any atom is 0.251 e. The Kier molecular flexibility index (Phi) is 5.32. The van der Waals surface area contributed by atoms with Gasteiger partial charge >= 0.3 is 0 Å². The van der Waals surface area contributed by atoms with E-state index in [1.807, 2.05) is 25.1 Å². The molecule has 0 aliphatic carbocycles. The van der Waals surface area contributed by atoms with Gasteiger partial charge in [0.05, 0.1) is 16.3 Å². The second-order valence-electron chi connectivity index (χ2n) is 5.06. The van der Waals surface area contributed by atoms with E-state index < -0.39 is 0 Å². The average molecular weight is 363 g/mol. The molecule has 24 heavy (non-hydrogen) atoms. The molecule has 0 saturated heterocycles. The molecule has 3 rings (SSSR count). The number of H-pyrrole nitrogens is 1. The van der Waals surface area contributed by atoms with Crippen molar-refractivity contribution in [3.8, 4) is 11.5 Å². The van der Waals surface area contributed by atoms with Gasteiger partial charge in [-0.1, -0.05) is 48.8 Å². The van der Waals surface area contributed by atoms with Crippen molar-refractivity contribution < 1.29 is 4.42 Å². The molecule has 124 valence electrons. The zero-order valence-electron chi connectivity index (χ0n) is 13.0. The summed E-state index contributed by atoms with van der Waals surface area (Å²) >= 11 is 7.47. The molecule has 3 aromatic rings. The highest BCUT2D eigenvalue weighted by atomic mass is 35.5. The molecule has 1 N–H and O–H groups in total. The second-order valence-corrected chi connectivity index (χ2v) is 6.43. The summed E-state index contributed by atoms with van der Waals surface area (Å²) in [6.45, 7) is 2.05. The number of halogens is 1. The molecule has 2 heterocycles. The molecule has 0 fully saturated rings. The van der Waals surface area contributed by atoms with E-state index in [0.717, 1.165) is 18.5 Å². The third-order valence-corrected chi connectivity index (χ3v) is 4.37. The van der Waals surface area contributed by atoms with Crippen molar-refractivity contribution in [3.05, 3.63) is 57.3 Å². The number of aromatic amines is 1. The first-order chi connectivity index (χ1) is 11.7. The molecular formula is C16H15ClN4O2S. The molecule has 1 aromatic carbocycles. The fraction of sp³-hybridized carbons (Fsp3) is 0.250. The van der Waals surface area contributed by atoms with Crippen LogP contribution in [0.2, 0.25) is 5.02 Å². The number of benzene rings is 1. The maximum atomic E-state index is 11.6. The Labute approximate surface area is 147 Å². The molecule has 0 atom stereocenters. The maximum absolute atomic E-state index is 11.6. The zero-order chi connectivity index (χ0) is 16.9. The van der Waals surface area contributed by atoms with Crippen LogP contribution in [0.1, 0.15) is 24.9 Å². The van der Waals surface area contributed by atoms with Crippen LogP contribution in [0.4, 0.5) is 0 Å². The summed E-state index contributed by atoms with van der Waals surface area (Å²) < 4.78 is 5.63. The Hall–Kier alpha value is -2.12. The lowest BCUT2D eigenvalue weighted by Gasteiger charge is -2.01. The Morgan fingerprint density at radius 3 is 2.92 bits per heavy atom. The Morgan fingerprint density at radius 1 is 1.29 bits per heavy atom. The van der Waals surface area contributed by atoms with Gasteiger partial charge in [0.2, 0.25) is 11.8 Å². The lowest BCUT2D eigenvalue weighted by molar-refractivity contribution is 0.528. The number of thioether (sulfide) groups is 1. The molecule has 6 nitrogen and oxygen atoms in total. The van der Waals surface area contributed by atoms with Crippen LogP contribution in [0.5, 0.6) is 0 Å². The topological polar surface area (TPSA) is 84.7 Å². The van der Waals surface area contributed by atoms with Gasteiger partial charge in [-0.05, 0) is 18.6 Å². The van der Waals surface area contributed by atoms with Crippen molar-refractivity contribution in [1.82, 2.24) is 20.2 Å². The zero-order valence-corrected chi connectivity index (χ0v) is 14.5. The van der Waals surface area contributed by atoms with Crippen molar-refractivity contribution in [2.75, 3.05) is 0 Å². The summed E-state index contributed by atoms with van der Waals surface area (Å²) in [5.41, 5.74) is 1.32. The van der Waals surface area contributed by atoms with Gasteiger partial charge in [-0.25, -0.2) is 4.98 Å². The highest BCUT2D eigenvalue weighted by Gasteiger charge is 2.12. The highest BCUT2D eigenvalue weighted by Crippen LogP contribution is 2.27. The fourth-order valence-electron chi connectivity index (χ4n) is 2.12. The van der Waals surface area contributed by atoms with E-state index >= 15 is 0 Å². The summed E-state index contributed by atoms with van der Waals surface area (Å²) in [5, 5.41) is 9.13. The van der Waals surface area contributed by atoms with Gasteiger partial charge in [0, 0.05) is 11.8 Å². The van der Waals surface area contributed by atoms with Crippen molar-refractivity contribution in [3.63, 3.8) is 0 Å². The van der Waals surface area contributed by atoms with Crippen molar-refractivity contribution >= 4 is 23.4 Å². The van der Waals surface area contributed by atoms with Crippen LogP contribution < -0.4 is 5.56 Å². The molecule has 0 radical (unpaired) electrons. The molecule has 0 unspecified atom stereocenters. The lowest BCUT2D eigenvalue weighted by atomic mass is 10.2. The normalized spacial score (nSPS) is 10.9. The minimum absolute atomic E-state index is 0.154. The van der Waals surface area contributed by atoms with Gasteiger partial charge in [0.25, 0.3) is 5.56 Å². The smallest absolute Gasteiger partial charge is 0.251 e. The molecule has 2 aromatic heterocycles. The van der Waals surface area contributed by atoms with Crippen LogP contribution in [0.25, 0.3) is 11.5 Å². The Balaban J connectivity index is 1.72. The first-order valence-electron chi connectivity index (χ1n) is 7.46. The summed E-state index contributed by atoms with van der Waals surface area (Å²) in [7, 11) is 0. The van der Waals surface area contributed by atoms with Crippen LogP contribution in [0, 0.1) is 0 Å². The van der Waals surface area contributed by atoms with Crippen molar-refractivity contribution in [1.29, 1.82) is 0 Å². The van der Waals surface area contributed by atoms with Gasteiger partial charge in [-0.3, -0.25) is 4.79 Å². The van der Waals surface area contributed by atoms with E-state index in [4.69, 9.17) is 16.0 Å². The van der Waals surface area contributed by atoms with Crippen LogP contribution in [-0.4, -0.2) is 20.2 Å². The Morgan fingerprint density at radius 2 is 2.12 bits per heavy atom. The van der Waals surface area contributed by atoms with E-state index in [-0.39, 0.29) is 5.56 Å². The molecule has 8 heteroatoms. The number of aromatic nitrogens is 4. The van der Waals surface area contributed by atoms with Gasteiger partial charge in [-0.2, -0.15) is 0 Å². The van der Waals surface area contributed by atoms with E-state index in [1.165, 1.54) is 17.8 Å². The summed E-state index contributed by atoms with van der Waals surface area (Å²) in [6, 6.07) is 8.80. The fourth-order valence-corrected chi connectivity index (χ4v) is 3.07. The summed E-state index contributed by atoms with van der Waals surface area (Å²) in [5.74, 6) is 1.23. The molecule has 0 aliphatic rings. The Bertz CT molecular complexity index is 894. The SMILES string of the molecule is CCCc1cc(=O)[nH]c(SCc2nnc(-c3ccccc3Cl)o2)n1. The van der Waals surface area contributed by atoms with Crippen LogP contribution >= 0.6 is 23.4 Å². The quantitative estimate of drug-likeness (QED) is 0.531. The number of nitrogens with zero attached hydrogens (tertiary/aromatic N) is 3.